The molecule has 1 aromatic rings. The maximum absolute atomic E-state index is 9.33. The molecule has 4 heteroatoms. The van der Waals surface area contributed by atoms with Crippen LogP contribution < -0.4 is 14.8 Å². The summed E-state index contributed by atoms with van der Waals surface area (Å²) in [4.78, 5) is 0. The smallest absolute Gasteiger partial charge is 0.161 e. The maximum Gasteiger partial charge on any atom is 0.161 e. The van der Waals surface area contributed by atoms with Crippen molar-refractivity contribution in [2.45, 2.75) is 32.4 Å². The fourth-order valence-corrected chi connectivity index (χ4v) is 2.09. The lowest BCUT2D eigenvalue weighted by Gasteiger charge is -2.22. The van der Waals surface area contributed by atoms with Crippen molar-refractivity contribution in [3.63, 3.8) is 0 Å². The van der Waals surface area contributed by atoms with Gasteiger partial charge in [-0.3, -0.25) is 0 Å². The molecule has 4 nitrogen and oxygen atoms in total. The summed E-state index contributed by atoms with van der Waals surface area (Å²) in [5.74, 6) is 1.63. The van der Waals surface area contributed by atoms with E-state index >= 15 is 0 Å². The Labute approximate surface area is 108 Å². The van der Waals surface area contributed by atoms with E-state index < -0.39 is 0 Å². The fraction of sp³-hybridized carbons (Fsp3) is 0.571. The first-order valence-corrected chi connectivity index (χ1v) is 6.51. The van der Waals surface area contributed by atoms with Crippen LogP contribution >= 0.6 is 0 Å². The van der Waals surface area contributed by atoms with Crippen molar-refractivity contribution in [2.24, 2.45) is 0 Å². The largest absolute Gasteiger partial charge is 0.486 e. The average Bonchev–Trinajstić information content (AvgIpc) is 2.39. The van der Waals surface area contributed by atoms with Gasteiger partial charge in [0.2, 0.25) is 0 Å². The Morgan fingerprint density at radius 1 is 1.28 bits per heavy atom. The predicted molar refractivity (Wildman–Crippen MR) is 70.1 cm³/mol. The van der Waals surface area contributed by atoms with Crippen LogP contribution in [0.25, 0.3) is 0 Å². The van der Waals surface area contributed by atoms with Crippen molar-refractivity contribution in [3.05, 3.63) is 23.8 Å². The molecule has 0 spiro atoms. The van der Waals surface area contributed by atoms with E-state index in [0.717, 1.165) is 17.9 Å². The van der Waals surface area contributed by atoms with Gasteiger partial charge in [-0.05, 0) is 31.0 Å². The first kappa shape index (κ1) is 13.2. The SMILES string of the molecule is CCC(NCC(C)O)c1ccc2c(c1)OCCO2. The number of benzene rings is 1. The van der Waals surface area contributed by atoms with Crippen LogP contribution in [0.1, 0.15) is 31.9 Å². The normalized spacial score (nSPS) is 17.3. The zero-order valence-electron chi connectivity index (χ0n) is 11.0. The second kappa shape index (κ2) is 6.07. The van der Waals surface area contributed by atoms with Gasteiger partial charge in [0.25, 0.3) is 0 Å². The minimum atomic E-state index is -0.337. The molecule has 18 heavy (non-hydrogen) atoms. The Hall–Kier alpha value is -1.26. The van der Waals surface area contributed by atoms with Crippen molar-refractivity contribution in [2.75, 3.05) is 19.8 Å². The molecule has 0 saturated carbocycles. The molecule has 1 aromatic carbocycles. The quantitative estimate of drug-likeness (QED) is 0.839. The first-order chi connectivity index (χ1) is 8.70. The third kappa shape index (κ3) is 3.15. The average molecular weight is 251 g/mol. The number of aliphatic hydroxyl groups excluding tert-OH is 1. The standard InChI is InChI=1S/C14H21NO3/c1-3-12(15-9-10(2)16)11-4-5-13-14(8-11)18-7-6-17-13/h4-5,8,10,12,15-16H,3,6-7,9H2,1-2H3. The molecule has 0 saturated heterocycles. The second-order valence-electron chi connectivity index (χ2n) is 4.62. The fourth-order valence-electron chi connectivity index (χ4n) is 2.09. The summed E-state index contributed by atoms with van der Waals surface area (Å²) in [6.07, 6.45) is 0.628. The van der Waals surface area contributed by atoms with Gasteiger partial charge in [0, 0.05) is 12.6 Å². The molecule has 0 aliphatic carbocycles. The van der Waals surface area contributed by atoms with Gasteiger partial charge in [0.1, 0.15) is 13.2 Å². The van der Waals surface area contributed by atoms with Crippen LogP contribution in [0.2, 0.25) is 0 Å². The van der Waals surface area contributed by atoms with Gasteiger partial charge < -0.3 is 19.9 Å². The molecular weight excluding hydrogens is 230 g/mol. The van der Waals surface area contributed by atoms with Gasteiger partial charge in [-0.1, -0.05) is 13.0 Å². The van der Waals surface area contributed by atoms with Crippen molar-refractivity contribution in [3.8, 4) is 11.5 Å². The molecule has 2 unspecified atom stereocenters. The third-order valence-electron chi connectivity index (χ3n) is 3.04. The van der Waals surface area contributed by atoms with Gasteiger partial charge in [-0.25, -0.2) is 0 Å². The number of nitrogens with one attached hydrogen (secondary N) is 1. The molecule has 0 amide bonds. The number of rotatable bonds is 5. The highest BCUT2D eigenvalue weighted by molar-refractivity contribution is 5.44. The molecule has 1 aliphatic rings. The van der Waals surface area contributed by atoms with Crippen molar-refractivity contribution in [1.82, 2.24) is 5.32 Å². The van der Waals surface area contributed by atoms with E-state index in [4.69, 9.17) is 9.47 Å². The van der Waals surface area contributed by atoms with Crippen LogP contribution in [-0.2, 0) is 0 Å². The molecule has 100 valence electrons. The summed E-state index contributed by atoms with van der Waals surface area (Å²) in [6.45, 7) is 5.71. The highest BCUT2D eigenvalue weighted by atomic mass is 16.6. The number of hydrogen-bond acceptors (Lipinski definition) is 4. The Morgan fingerprint density at radius 2 is 2.00 bits per heavy atom. The van der Waals surface area contributed by atoms with E-state index in [0.29, 0.717) is 19.8 Å². The highest BCUT2D eigenvalue weighted by Crippen LogP contribution is 2.33. The first-order valence-electron chi connectivity index (χ1n) is 6.51. The maximum atomic E-state index is 9.33. The molecule has 2 atom stereocenters. The molecule has 0 radical (unpaired) electrons. The lowest BCUT2D eigenvalue weighted by Crippen LogP contribution is -2.28. The molecule has 2 N–H and O–H groups in total. The zero-order valence-corrected chi connectivity index (χ0v) is 11.0. The van der Waals surface area contributed by atoms with Crippen LogP contribution in [0, 0.1) is 0 Å². The molecule has 0 fully saturated rings. The van der Waals surface area contributed by atoms with Crippen LogP contribution in [0.4, 0.5) is 0 Å². The van der Waals surface area contributed by atoms with Crippen molar-refractivity contribution < 1.29 is 14.6 Å². The summed E-state index contributed by atoms with van der Waals surface area (Å²) in [7, 11) is 0. The molecule has 0 aromatic heterocycles. The predicted octanol–water partition coefficient (Wildman–Crippen LogP) is 1.88. The topological polar surface area (TPSA) is 50.7 Å². The summed E-state index contributed by atoms with van der Waals surface area (Å²) in [5.41, 5.74) is 1.17. The van der Waals surface area contributed by atoms with Gasteiger partial charge in [0.15, 0.2) is 11.5 Å². The molecule has 0 bridgehead atoms. The monoisotopic (exact) mass is 251 g/mol. The van der Waals surface area contributed by atoms with Gasteiger partial charge in [-0.15, -0.1) is 0 Å². The summed E-state index contributed by atoms with van der Waals surface area (Å²) >= 11 is 0. The molecule has 2 rings (SSSR count). The second-order valence-corrected chi connectivity index (χ2v) is 4.62. The lowest BCUT2D eigenvalue weighted by molar-refractivity contribution is 0.171. The van der Waals surface area contributed by atoms with E-state index in [2.05, 4.69) is 18.3 Å². The van der Waals surface area contributed by atoms with Crippen LogP contribution in [0.15, 0.2) is 18.2 Å². The van der Waals surface area contributed by atoms with Crippen molar-refractivity contribution in [1.29, 1.82) is 0 Å². The zero-order chi connectivity index (χ0) is 13.0. The summed E-state index contributed by atoms with van der Waals surface area (Å²) in [5, 5.41) is 12.7. The highest BCUT2D eigenvalue weighted by Gasteiger charge is 2.15. The summed E-state index contributed by atoms with van der Waals surface area (Å²) < 4.78 is 11.1. The molecule has 1 aliphatic heterocycles. The number of ether oxygens (including phenoxy) is 2. The Morgan fingerprint density at radius 3 is 2.67 bits per heavy atom. The van der Waals surface area contributed by atoms with Crippen LogP contribution in [0.5, 0.6) is 11.5 Å². The van der Waals surface area contributed by atoms with Gasteiger partial charge in [-0.2, -0.15) is 0 Å². The number of fused-ring (bicyclic) bond motifs is 1. The van der Waals surface area contributed by atoms with Crippen LogP contribution in [0.3, 0.4) is 0 Å². The van der Waals surface area contributed by atoms with E-state index in [1.807, 2.05) is 12.1 Å². The van der Waals surface area contributed by atoms with Gasteiger partial charge in [0.05, 0.1) is 6.10 Å². The Bertz CT molecular complexity index is 393. The van der Waals surface area contributed by atoms with Crippen LogP contribution in [-0.4, -0.2) is 31.0 Å². The Kier molecular flexibility index (Phi) is 4.44. The Balaban J connectivity index is 2.10. The minimum absolute atomic E-state index is 0.232. The number of aliphatic hydroxyl groups is 1. The van der Waals surface area contributed by atoms with E-state index in [1.54, 1.807) is 6.92 Å². The van der Waals surface area contributed by atoms with Gasteiger partial charge >= 0.3 is 0 Å². The van der Waals surface area contributed by atoms with E-state index in [9.17, 15) is 5.11 Å². The third-order valence-corrected chi connectivity index (χ3v) is 3.04. The van der Waals surface area contributed by atoms with E-state index in [1.165, 1.54) is 5.56 Å². The molecular formula is C14H21NO3. The minimum Gasteiger partial charge on any atom is -0.486 e. The van der Waals surface area contributed by atoms with Crippen molar-refractivity contribution >= 4 is 0 Å². The number of hydrogen-bond donors (Lipinski definition) is 2. The lowest BCUT2D eigenvalue weighted by atomic mass is 10.0. The van der Waals surface area contributed by atoms with E-state index in [-0.39, 0.29) is 12.1 Å². The molecule has 1 heterocycles. The summed E-state index contributed by atoms with van der Waals surface area (Å²) in [6, 6.07) is 6.26.